The predicted octanol–water partition coefficient (Wildman–Crippen LogP) is 3.03. The monoisotopic (exact) mass is 266 g/mol. The third-order valence-corrected chi connectivity index (χ3v) is 3.65. The van der Waals surface area contributed by atoms with Crippen LogP contribution in [0.4, 0.5) is 0 Å². The maximum Gasteiger partial charge on any atom is 0.321 e. The number of esters is 2. The lowest BCUT2D eigenvalue weighted by Crippen LogP contribution is -2.32. The Labute approximate surface area is 117 Å². The second kappa shape index (κ2) is 5.29. The minimum absolute atomic E-state index is 0.376. The van der Waals surface area contributed by atoms with Crippen LogP contribution in [0.2, 0.25) is 0 Å². The van der Waals surface area contributed by atoms with Crippen LogP contribution in [0.5, 0.6) is 0 Å². The molecule has 2 aromatic carbocycles. The Morgan fingerprint density at radius 3 is 1.50 bits per heavy atom. The van der Waals surface area contributed by atoms with Gasteiger partial charge in [-0.3, -0.25) is 9.59 Å². The summed E-state index contributed by atoms with van der Waals surface area (Å²) >= 11 is 0. The molecule has 0 unspecified atom stereocenters. The lowest BCUT2D eigenvalue weighted by atomic mass is 9.83. The summed E-state index contributed by atoms with van der Waals surface area (Å²) < 4.78 is 4.94. The van der Waals surface area contributed by atoms with Crippen molar-refractivity contribution in [1.29, 1.82) is 0 Å². The fourth-order valence-corrected chi connectivity index (χ4v) is 2.58. The maximum absolute atomic E-state index is 11.9. The normalized spacial score (nSPS) is 22.4. The third-order valence-electron chi connectivity index (χ3n) is 3.65. The first-order valence-corrected chi connectivity index (χ1v) is 6.61. The van der Waals surface area contributed by atoms with E-state index in [1.54, 1.807) is 0 Å². The van der Waals surface area contributed by atoms with Crippen LogP contribution in [0.25, 0.3) is 0 Å². The van der Waals surface area contributed by atoms with Crippen LogP contribution in [-0.4, -0.2) is 11.9 Å². The Balaban J connectivity index is 1.91. The highest BCUT2D eigenvalue weighted by Crippen LogP contribution is 2.35. The van der Waals surface area contributed by atoms with Crippen molar-refractivity contribution in [2.75, 3.05) is 0 Å². The Morgan fingerprint density at radius 1 is 0.700 bits per heavy atom. The van der Waals surface area contributed by atoms with E-state index in [1.165, 1.54) is 0 Å². The van der Waals surface area contributed by atoms with E-state index in [1.807, 2.05) is 60.7 Å². The number of hydrogen-bond donors (Lipinski definition) is 0. The molecule has 2 atom stereocenters. The van der Waals surface area contributed by atoms with Gasteiger partial charge in [0.1, 0.15) is 0 Å². The van der Waals surface area contributed by atoms with Gasteiger partial charge in [-0.2, -0.15) is 0 Å². The Hall–Kier alpha value is -2.42. The van der Waals surface area contributed by atoms with Crippen molar-refractivity contribution in [2.45, 2.75) is 18.3 Å². The molecule has 0 aromatic heterocycles. The minimum Gasteiger partial charge on any atom is -0.392 e. The van der Waals surface area contributed by atoms with Gasteiger partial charge in [-0.15, -0.1) is 0 Å². The van der Waals surface area contributed by atoms with Crippen LogP contribution in [0.3, 0.4) is 0 Å². The first-order chi connectivity index (χ1) is 9.75. The number of rotatable bonds is 2. The summed E-state index contributed by atoms with van der Waals surface area (Å²) in [5, 5.41) is 0. The van der Waals surface area contributed by atoms with Gasteiger partial charge in [0.05, 0.1) is 11.8 Å². The second-order valence-corrected chi connectivity index (χ2v) is 4.90. The molecule has 0 amide bonds. The lowest BCUT2D eigenvalue weighted by Gasteiger charge is -2.26. The van der Waals surface area contributed by atoms with Crippen molar-refractivity contribution in [3.05, 3.63) is 71.8 Å². The summed E-state index contributed by atoms with van der Waals surface area (Å²) in [5.41, 5.74) is 1.79. The Morgan fingerprint density at radius 2 is 1.10 bits per heavy atom. The zero-order chi connectivity index (χ0) is 13.9. The average molecular weight is 266 g/mol. The number of benzene rings is 2. The quantitative estimate of drug-likeness (QED) is 0.620. The Kier molecular flexibility index (Phi) is 3.33. The fraction of sp³-hybridized carbons (Fsp3) is 0.176. The van der Waals surface area contributed by atoms with Crippen molar-refractivity contribution >= 4 is 11.9 Å². The molecule has 0 bridgehead atoms. The summed E-state index contributed by atoms with van der Waals surface area (Å²) in [4.78, 5) is 23.9. The fourth-order valence-electron chi connectivity index (χ4n) is 2.58. The summed E-state index contributed by atoms with van der Waals surface area (Å²) in [7, 11) is 0. The molecule has 0 spiro atoms. The topological polar surface area (TPSA) is 43.4 Å². The van der Waals surface area contributed by atoms with E-state index in [4.69, 9.17) is 4.74 Å². The van der Waals surface area contributed by atoms with Crippen molar-refractivity contribution < 1.29 is 14.3 Å². The van der Waals surface area contributed by atoms with Gasteiger partial charge in [-0.1, -0.05) is 60.7 Å². The first-order valence-electron chi connectivity index (χ1n) is 6.61. The number of hydrogen-bond acceptors (Lipinski definition) is 3. The molecular weight excluding hydrogens is 252 g/mol. The SMILES string of the molecule is O=C1OC(=O)[C@@H](c2ccccc2)C[C@H]1c1ccccc1. The standard InChI is InChI=1S/C17H14O3/c18-16-14(12-7-3-1-4-8-12)11-15(17(19)20-16)13-9-5-2-6-10-13/h1-10,14-15H,11H2/t14-,15+. The molecule has 2 aromatic rings. The zero-order valence-electron chi connectivity index (χ0n) is 10.9. The van der Waals surface area contributed by atoms with E-state index >= 15 is 0 Å². The third kappa shape index (κ3) is 2.35. The van der Waals surface area contributed by atoms with Gasteiger partial charge in [-0.05, 0) is 17.5 Å². The van der Waals surface area contributed by atoms with E-state index in [0.29, 0.717) is 6.42 Å². The molecule has 1 aliphatic rings. The minimum atomic E-state index is -0.451. The van der Waals surface area contributed by atoms with Crippen molar-refractivity contribution in [2.24, 2.45) is 0 Å². The predicted molar refractivity (Wildman–Crippen MR) is 74.1 cm³/mol. The lowest BCUT2D eigenvalue weighted by molar-refractivity contribution is -0.166. The molecular formula is C17H14O3. The van der Waals surface area contributed by atoms with Crippen molar-refractivity contribution in [1.82, 2.24) is 0 Å². The molecule has 1 saturated heterocycles. The van der Waals surface area contributed by atoms with Gasteiger partial charge in [0.15, 0.2) is 0 Å². The molecule has 1 heterocycles. The number of carbonyl (C=O) groups excluding carboxylic acids is 2. The second-order valence-electron chi connectivity index (χ2n) is 4.90. The summed E-state index contributed by atoms with van der Waals surface area (Å²) in [5.74, 6) is -1.65. The summed E-state index contributed by atoms with van der Waals surface area (Å²) in [6.07, 6.45) is 0.464. The number of carbonyl (C=O) groups is 2. The molecule has 3 rings (SSSR count). The highest BCUT2D eigenvalue weighted by molar-refractivity contribution is 5.95. The van der Waals surface area contributed by atoms with Gasteiger partial charge in [-0.25, -0.2) is 0 Å². The van der Waals surface area contributed by atoms with Crippen molar-refractivity contribution in [3.63, 3.8) is 0 Å². The van der Waals surface area contributed by atoms with Gasteiger partial charge in [0.25, 0.3) is 0 Å². The molecule has 0 aliphatic carbocycles. The van der Waals surface area contributed by atoms with Gasteiger partial charge < -0.3 is 4.74 Å². The van der Waals surface area contributed by atoms with Crippen LogP contribution in [0.15, 0.2) is 60.7 Å². The van der Waals surface area contributed by atoms with Crippen molar-refractivity contribution in [3.8, 4) is 0 Å². The summed E-state index contributed by atoms with van der Waals surface area (Å²) in [6.45, 7) is 0. The van der Waals surface area contributed by atoms with Gasteiger partial charge in [0, 0.05) is 0 Å². The highest BCUT2D eigenvalue weighted by atomic mass is 16.6. The molecule has 0 N–H and O–H groups in total. The van der Waals surface area contributed by atoms with Gasteiger partial charge in [0.2, 0.25) is 0 Å². The Bertz CT molecular complexity index is 564. The molecule has 3 heteroatoms. The van der Waals surface area contributed by atoms with Gasteiger partial charge >= 0.3 is 11.9 Å². The van der Waals surface area contributed by atoms with Crippen LogP contribution in [-0.2, 0) is 14.3 Å². The molecule has 0 saturated carbocycles. The molecule has 0 radical (unpaired) electrons. The van der Waals surface area contributed by atoms with Crippen LogP contribution in [0, 0.1) is 0 Å². The van der Waals surface area contributed by atoms with E-state index < -0.39 is 11.9 Å². The van der Waals surface area contributed by atoms with Crippen LogP contribution in [0.1, 0.15) is 29.4 Å². The molecule has 1 aliphatic heterocycles. The largest absolute Gasteiger partial charge is 0.392 e. The van der Waals surface area contributed by atoms with E-state index in [0.717, 1.165) is 11.1 Å². The van der Waals surface area contributed by atoms with E-state index in [9.17, 15) is 9.59 Å². The highest BCUT2D eigenvalue weighted by Gasteiger charge is 2.38. The molecule has 20 heavy (non-hydrogen) atoms. The maximum atomic E-state index is 11.9. The smallest absolute Gasteiger partial charge is 0.321 e. The molecule has 3 nitrogen and oxygen atoms in total. The first kappa shape index (κ1) is 12.6. The summed E-state index contributed by atoms with van der Waals surface area (Å²) in [6, 6.07) is 18.9. The van der Waals surface area contributed by atoms with Crippen LogP contribution < -0.4 is 0 Å². The zero-order valence-corrected chi connectivity index (χ0v) is 10.9. The average Bonchev–Trinajstić information content (AvgIpc) is 2.49. The van der Waals surface area contributed by atoms with E-state index in [2.05, 4.69) is 0 Å². The number of ether oxygens (including phenoxy) is 1. The number of cyclic esters (lactones) is 2. The molecule has 100 valence electrons. The van der Waals surface area contributed by atoms with E-state index in [-0.39, 0.29) is 11.8 Å². The van der Waals surface area contributed by atoms with Crippen LogP contribution >= 0.6 is 0 Å². The molecule has 1 fully saturated rings.